The van der Waals surface area contributed by atoms with Gasteiger partial charge in [0.15, 0.2) is 5.13 Å². The lowest BCUT2D eigenvalue weighted by Gasteiger charge is -2.11. The summed E-state index contributed by atoms with van der Waals surface area (Å²) in [5, 5.41) is 4.46. The summed E-state index contributed by atoms with van der Waals surface area (Å²) in [5.74, 6) is 0.647. The van der Waals surface area contributed by atoms with Gasteiger partial charge >= 0.3 is 0 Å². The van der Waals surface area contributed by atoms with E-state index in [9.17, 15) is 0 Å². The molecule has 4 heteroatoms. The van der Waals surface area contributed by atoms with Crippen molar-refractivity contribution in [3.63, 3.8) is 0 Å². The number of aromatic nitrogens is 1. The second-order valence-electron chi connectivity index (χ2n) is 4.27. The Morgan fingerprint density at radius 2 is 2.07 bits per heavy atom. The molecule has 15 heavy (non-hydrogen) atoms. The molecule has 86 valence electrons. The van der Waals surface area contributed by atoms with Crippen LogP contribution in [0.25, 0.3) is 0 Å². The number of halogens is 1. The van der Waals surface area contributed by atoms with Gasteiger partial charge in [0, 0.05) is 11.4 Å². The molecule has 0 aliphatic heterocycles. The molecule has 0 radical (unpaired) electrons. The van der Waals surface area contributed by atoms with Crippen molar-refractivity contribution in [1.29, 1.82) is 0 Å². The van der Waals surface area contributed by atoms with E-state index in [1.807, 2.05) is 6.92 Å². The van der Waals surface area contributed by atoms with Gasteiger partial charge in [0.25, 0.3) is 0 Å². The molecular formula is C11H19ClN2S. The molecule has 1 N–H and O–H groups in total. The van der Waals surface area contributed by atoms with Gasteiger partial charge in [-0.2, -0.15) is 0 Å². The highest BCUT2D eigenvalue weighted by molar-refractivity contribution is 7.15. The third-order valence-electron chi connectivity index (χ3n) is 2.23. The van der Waals surface area contributed by atoms with Crippen LogP contribution in [0.5, 0.6) is 0 Å². The number of rotatable bonds is 5. The third-order valence-corrected chi connectivity index (χ3v) is 3.59. The molecule has 1 heterocycles. The van der Waals surface area contributed by atoms with Gasteiger partial charge in [0.05, 0.1) is 11.1 Å². The normalized spacial score (nSPS) is 13.2. The van der Waals surface area contributed by atoms with E-state index in [2.05, 4.69) is 31.1 Å². The van der Waals surface area contributed by atoms with Crippen molar-refractivity contribution < 1.29 is 0 Å². The first-order chi connectivity index (χ1) is 6.99. The van der Waals surface area contributed by atoms with E-state index in [-0.39, 0.29) is 5.38 Å². The number of thiazole rings is 1. The number of hydrogen-bond acceptors (Lipinski definition) is 3. The lowest BCUT2D eigenvalue weighted by molar-refractivity contribution is 0.572. The summed E-state index contributed by atoms with van der Waals surface area (Å²) in [6.45, 7) is 9.29. The van der Waals surface area contributed by atoms with Crippen molar-refractivity contribution in [2.24, 2.45) is 5.92 Å². The number of nitrogens with zero attached hydrogens (tertiary/aromatic N) is 1. The molecule has 0 amide bonds. The first-order valence-electron chi connectivity index (χ1n) is 5.31. The third kappa shape index (κ3) is 4.39. The SMILES string of the molecule is Cc1nc(NCC(Cl)CC(C)C)sc1C. The highest BCUT2D eigenvalue weighted by Crippen LogP contribution is 2.21. The molecule has 1 unspecified atom stereocenters. The smallest absolute Gasteiger partial charge is 0.183 e. The van der Waals surface area contributed by atoms with Crippen molar-refractivity contribution in [2.75, 3.05) is 11.9 Å². The Labute approximate surface area is 101 Å². The highest BCUT2D eigenvalue weighted by atomic mass is 35.5. The quantitative estimate of drug-likeness (QED) is 0.799. The van der Waals surface area contributed by atoms with Crippen LogP contribution in [0.4, 0.5) is 5.13 Å². The van der Waals surface area contributed by atoms with Crippen LogP contribution < -0.4 is 5.32 Å². The molecule has 1 rings (SSSR count). The summed E-state index contributed by atoms with van der Waals surface area (Å²) < 4.78 is 0. The molecule has 0 aromatic carbocycles. The fourth-order valence-electron chi connectivity index (χ4n) is 1.34. The van der Waals surface area contributed by atoms with E-state index in [0.29, 0.717) is 5.92 Å². The maximum absolute atomic E-state index is 6.19. The standard InChI is InChI=1S/C11H19ClN2S/c1-7(2)5-10(12)6-13-11-14-8(3)9(4)15-11/h7,10H,5-6H2,1-4H3,(H,13,14). The predicted molar refractivity (Wildman–Crippen MR) is 69.2 cm³/mol. The van der Waals surface area contributed by atoms with Crippen LogP contribution in [0.15, 0.2) is 0 Å². The van der Waals surface area contributed by atoms with Gasteiger partial charge in [0.1, 0.15) is 0 Å². The zero-order valence-electron chi connectivity index (χ0n) is 9.80. The average Bonchev–Trinajstić information content (AvgIpc) is 2.42. The summed E-state index contributed by atoms with van der Waals surface area (Å²) in [7, 11) is 0. The first-order valence-corrected chi connectivity index (χ1v) is 6.56. The van der Waals surface area contributed by atoms with Crippen molar-refractivity contribution in [1.82, 2.24) is 4.98 Å². The zero-order valence-corrected chi connectivity index (χ0v) is 11.4. The molecule has 1 aromatic rings. The Hall–Kier alpha value is -0.280. The second kappa shape index (κ2) is 5.71. The molecule has 0 spiro atoms. The molecular weight excluding hydrogens is 228 g/mol. The van der Waals surface area contributed by atoms with Crippen LogP contribution in [0.2, 0.25) is 0 Å². The van der Waals surface area contributed by atoms with E-state index >= 15 is 0 Å². The number of nitrogens with one attached hydrogen (secondary N) is 1. The molecule has 0 aliphatic carbocycles. The minimum Gasteiger partial charge on any atom is -0.360 e. The van der Waals surface area contributed by atoms with E-state index in [1.165, 1.54) is 4.88 Å². The van der Waals surface area contributed by atoms with Crippen molar-refractivity contribution in [2.45, 2.75) is 39.5 Å². The summed E-state index contributed by atoms with van der Waals surface area (Å²) >= 11 is 7.88. The Kier molecular flexibility index (Phi) is 4.87. The van der Waals surface area contributed by atoms with Gasteiger partial charge in [-0.3, -0.25) is 0 Å². The summed E-state index contributed by atoms with van der Waals surface area (Å²) in [4.78, 5) is 5.68. The van der Waals surface area contributed by atoms with Gasteiger partial charge < -0.3 is 5.32 Å². The maximum Gasteiger partial charge on any atom is 0.183 e. The minimum absolute atomic E-state index is 0.189. The number of anilines is 1. The van der Waals surface area contributed by atoms with Crippen LogP contribution in [0, 0.1) is 19.8 Å². The minimum atomic E-state index is 0.189. The number of hydrogen-bond donors (Lipinski definition) is 1. The molecule has 0 saturated heterocycles. The van der Waals surface area contributed by atoms with E-state index in [1.54, 1.807) is 11.3 Å². The average molecular weight is 247 g/mol. The molecule has 2 nitrogen and oxygen atoms in total. The second-order valence-corrected chi connectivity index (χ2v) is 6.09. The van der Waals surface area contributed by atoms with Gasteiger partial charge in [-0.05, 0) is 26.2 Å². The molecule has 0 bridgehead atoms. The number of aryl methyl sites for hydroxylation is 2. The lowest BCUT2D eigenvalue weighted by atomic mass is 10.1. The van der Waals surface area contributed by atoms with Crippen LogP contribution in [-0.4, -0.2) is 16.9 Å². The van der Waals surface area contributed by atoms with Crippen LogP contribution in [-0.2, 0) is 0 Å². The fourth-order valence-corrected chi connectivity index (χ4v) is 2.60. The zero-order chi connectivity index (χ0) is 11.4. The largest absolute Gasteiger partial charge is 0.360 e. The van der Waals surface area contributed by atoms with Gasteiger partial charge in [-0.15, -0.1) is 22.9 Å². The van der Waals surface area contributed by atoms with Crippen LogP contribution in [0.3, 0.4) is 0 Å². The summed E-state index contributed by atoms with van der Waals surface area (Å²) in [6, 6.07) is 0. The van der Waals surface area contributed by atoms with Gasteiger partial charge in [0.2, 0.25) is 0 Å². The highest BCUT2D eigenvalue weighted by Gasteiger charge is 2.08. The maximum atomic E-state index is 6.19. The Balaban J connectivity index is 2.36. The summed E-state index contributed by atoms with van der Waals surface area (Å²) in [6.07, 6.45) is 1.04. The van der Waals surface area contributed by atoms with Crippen molar-refractivity contribution >= 4 is 28.1 Å². The number of alkyl halides is 1. The van der Waals surface area contributed by atoms with Gasteiger partial charge in [-0.1, -0.05) is 13.8 Å². The lowest BCUT2D eigenvalue weighted by Crippen LogP contribution is -2.16. The van der Waals surface area contributed by atoms with E-state index in [4.69, 9.17) is 11.6 Å². The topological polar surface area (TPSA) is 24.9 Å². The van der Waals surface area contributed by atoms with Gasteiger partial charge in [-0.25, -0.2) is 4.98 Å². The Morgan fingerprint density at radius 1 is 1.40 bits per heavy atom. The Morgan fingerprint density at radius 3 is 2.53 bits per heavy atom. The molecule has 0 aliphatic rings. The first kappa shape index (κ1) is 12.8. The van der Waals surface area contributed by atoms with Crippen molar-refractivity contribution in [3.8, 4) is 0 Å². The van der Waals surface area contributed by atoms with Crippen LogP contribution in [0.1, 0.15) is 30.8 Å². The van der Waals surface area contributed by atoms with Crippen molar-refractivity contribution in [3.05, 3.63) is 10.6 Å². The Bertz CT molecular complexity index is 290. The summed E-state index contributed by atoms with van der Waals surface area (Å²) in [5.41, 5.74) is 1.11. The fraction of sp³-hybridized carbons (Fsp3) is 0.727. The monoisotopic (exact) mass is 246 g/mol. The molecule has 1 aromatic heterocycles. The van der Waals surface area contributed by atoms with E-state index in [0.717, 1.165) is 23.8 Å². The molecule has 0 fully saturated rings. The van der Waals surface area contributed by atoms with Crippen LogP contribution >= 0.6 is 22.9 Å². The predicted octanol–water partition coefficient (Wildman–Crippen LogP) is 3.83. The molecule has 0 saturated carbocycles. The molecule has 1 atom stereocenters. The van der Waals surface area contributed by atoms with E-state index < -0.39 is 0 Å².